The molecule has 1 rings (SSSR count). The Hall–Kier alpha value is -0.740. The van der Waals surface area contributed by atoms with Crippen molar-refractivity contribution in [2.75, 3.05) is 0 Å². The van der Waals surface area contributed by atoms with E-state index in [0.29, 0.717) is 5.56 Å². The molecule has 5 heteroatoms. The van der Waals surface area contributed by atoms with Crippen molar-refractivity contribution < 1.29 is 13.2 Å². The normalized spacial score (nSPS) is 15.7. The van der Waals surface area contributed by atoms with Crippen LogP contribution in [0.25, 0.3) is 0 Å². The summed E-state index contributed by atoms with van der Waals surface area (Å²) in [6.45, 7) is 3.83. The molecule has 1 aromatic rings. The average Bonchev–Trinajstić information content (AvgIpc) is 2.25. The van der Waals surface area contributed by atoms with Crippen LogP contribution in [0.5, 0.6) is 0 Å². The fourth-order valence-electron chi connectivity index (χ4n) is 1.59. The molecule has 0 amide bonds. The van der Waals surface area contributed by atoms with E-state index in [2.05, 4.69) is 0 Å². The Bertz CT molecular complexity index is 390. The Morgan fingerprint density at radius 2 is 1.94 bits per heavy atom. The van der Waals surface area contributed by atoms with Crippen LogP contribution in [0.2, 0.25) is 5.02 Å². The van der Waals surface area contributed by atoms with E-state index in [1.165, 1.54) is 6.07 Å². The van der Waals surface area contributed by atoms with E-state index in [-0.39, 0.29) is 10.9 Å². The zero-order chi connectivity index (χ0) is 13.2. The van der Waals surface area contributed by atoms with Gasteiger partial charge in [0.1, 0.15) is 0 Å². The highest BCUT2D eigenvalue weighted by atomic mass is 35.5. The van der Waals surface area contributed by atoms with E-state index in [0.717, 1.165) is 12.5 Å². The fraction of sp³-hybridized carbons (Fsp3) is 0.500. The highest BCUT2D eigenvalue weighted by Crippen LogP contribution is 2.38. The van der Waals surface area contributed by atoms with Crippen molar-refractivity contribution in [2.45, 2.75) is 32.5 Å². The molecule has 0 saturated heterocycles. The van der Waals surface area contributed by atoms with E-state index in [1.807, 2.05) is 13.8 Å². The molecular weight excluding hydrogens is 251 g/mol. The summed E-state index contributed by atoms with van der Waals surface area (Å²) in [5.41, 5.74) is 5.44. The van der Waals surface area contributed by atoms with Crippen LogP contribution in [0.15, 0.2) is 18.2 Å². The van der Waals surface area contributed by atoms with E-state index in [1.54, 1.807) is 6.07 Å². The lowest BCUT2D eigenvalue weighted by molar-refractivity contribution is -0.137. The summed E-state index contributed by atoms with van der Waals surface area (Å²) in [5, 5.41) is -0.284. The van der Waals surface area contributed by atoms with Crippen LogP contribution < -0.4 is 5.73 Å². The second-order valence-electron chi connectivity index (χ2n) is 4.12. The maximum absolute atomic E-state index is 12.6. The quantitative estimate of drug-likeness (QED) is 0.861. The van der Waals surface area contributed by atoms with Gasteiger partial charge < -0.3 is 5.73 Å². The molecule has 1 aromatic carbocycles. The summed E-state index contributed by atoms with van der Waals surface area (Å²) in [6, 6.07) is 3.38. The minimum absolute atomic E-state index is 0.0796. The number of hydrogen-bond donors (Lipinski definition) is 1. The van der Waals surface area contributed by atoms with Gasteiger partial charge in [-0.2, -0.15) is 13.2 Å². The van der Waals surface area contributed by atoms with Gasteiger partial charge >= 0.3 is 6.18 Å². The summed E-state index contributed by atoms with van der Waals surface area (Å²) < 4.78 is 37.9. The number of benzene rings is 1. The zero-order valence-corrected chi connectivity index (χ0v) is 10.4. The van der Waals surface area contributed by atoms with Gasteiger partial charge in [-0.1, -0.05) is 44.0 Å². The first-order valence-corrected chi connectivity index (χ1v) is 5.78. The van der Waals surface area contributed by atoms with Crippen molar-refractivity contribution >= 4 is 11.6 Å². The summed E-state index contributed by atoms with van der Waals surface area (Å²) in [7, 11) is 0. The van der Waals surface area contributed by atoms with Gasteiger partial charge in [-0.15, -0.1) is 0 Å². The second kappa shape index (κ2) is 5.27. The first-order chi connectivity index (χ1) is 7.79. The van der Waals surface area contributed by atoms with Crippen molar-refractivity contribution in [2.24, 2.45) is 11.7 Å². The fourth-order valence-corrected chi connectivity index (χ4v) is 1.95. The van der Waals surface area contributed by atoms with Crippen molar-refractivity contribution in [3.63, 3.8) is 0 Å². The van der Waals surface area contributed by atoms with Gasteiger partial charge in [0.05, 0.1) is 10.6 Å². The Morgan fingerprint density at radius 1 is 1.35 bits per heavy atom. The minimum Gasteiger partial charge on any atom is -0.324 e. The molecule has 0 bridgehead atoms. The van der Waals surface area contributed by atoms with Gasteiger partial charge in [0.15, 0.2) is 0 Å². The summed E-state index contributed by atoms with van der Waals surface area (Å²) >= 11 is 5.79. The van der Waals surface area contributed by atoms with Gasteiger partial charge in [-0.05, 0) is 17.5 Å². The second-order valence-corrected chi connectivity index (χ2v) is 4.50. The van der Waals surface area contributed by atoms with Gasteiger partial charge in [0.2, 0.25) is 0 Å². The van der Waals surface area contributed by atoms with E-state index in [9.17, 15) is 13.2 Å². The Balaban J connectivity index is 3.19. The van der Waals surface area contributed by atoms with Crippen LogP contribution in [0.3, 0.4) is 0 Å². The van der Waals surface area contributed by atoms with Crippen LogP contribution in [0, 0.1) is 5.92 Å². The van der Waals surface area contributed by atoms with Gasteiger partial charge in [-0.3, -0.25) is 0 Å². The lowest BCUT2D eigenvalue weighted by Gasteiger charge is -2.21. The SMILES string of the molecule is CCC(C)[C@@H](N)c1cccc(C(F)(F)F)c1Cl. The molecule has 0 spiro atoms. The first-order valence-electron chi connectivity index (χ1n) is 5.40. The smallest absolute Gasteiger partial charge is 0.324 e. The molecule has 0 aromatic heterocycles. The summed E-state index contributed by atoms with van der Waals surface area (Å²) in [5.74, 6) is 0.0796. The molecule has 17 heavy (non-hydrogen) atoms. The third-order valence-electron chi connectivity index (χ3n) is 2.95. The molecule has 0 saturated carbocycles. The zero-order valence-electron chi connectivity index (χ0n) is 9.68. The van der Waals surface area contributed by atoms with Crippen LogP contribution in [-0.2, 0) is 6.18 Å². The van der Waals surface area contributed by atoms with E-state index < -0.39 is 17.8 Å². The molecule has 1 unspecified atom stereocenters. The average molecular weight is 266 g/mol. The van der Waals surface area contributed by atoms with Gasteiger partial charge in [0.25, 0.3) is 0 Å². The molecule has 2 N–H and O–H groups in total. The van der Waals surface area contributed by atoms with Gasteiger partial charge in [0, 0.05) is 6.04 Å². The summed E-state index contributed by atoms with van der Waals surface area (Å²) in [6.07, 6.45) is -3.66. The first kappa shape index (κ1) is 14.3. The molecule has 2 atom stereocenters. The topological polar surface area (TPSA) is 26.0 Å². The van der Waals surface area contributed by atoms with Crippen LogP contribution in [-0.4, -0.2) is 0 Å². The molecule has 0 fully saturated rings. The molecule has 0 aliphatic carbocycles. The monoisotopic (exact) mass is 265 g/mol. The lowest BCUT2D eigenvalue weighted by Crippen LogP contribution is -2.20. The highest BCUT2D eigenvalue weighted by molar-refractivity contribution is 6.32. The number of rotatable bonds is 3. The number of nitrogens with two attached hydrogens (primary N) is 1. The molecule has 0 aliphatic rings. The predicted octanol–water partition coefficient (Wildman–Crippen LogP) is 4.40. The highest BCUT2D eigenvalue weighted by Gasteiger charge is 2.34. The Kier molecular flexibility index (Phi) is 4.44. The molecule has 0 aliphatic heterocycles. The lowest BCUT2D eigenvalue weighted by atomic mass is 9.92. The molecule has 0 radical (unpaired) electrons. The number of alkyl halides is 3. The maximum Gasteiger partial charge on any atom is 0.417 e. The number of halogens is 4. The van der Waals surface area contributed by atoms with Crippen molar-refractivity contribution in [1.82, 2.24) is 0 Å². The third-order valence-corrected chi connectivity index (χ3v) is 3.37. The minimum atomic E-state index is -4.44. The largest absolute Gasteiger partial charge is 0.417 e. The van der Waals surface area contributed by atoms with E-state index in [4.69, 9.17) is 17.3 Å². The van der Waals surface area contributed by atoms with Crippen molar-refractivity contribution in [1.29, 1.82) is 0 Å². The van der Waals surface area contributed by atoms with Crippen molar-refractivity contribution in [3.05, 3.63) is 34.3 Å². The third kappa shape index (κ3) is 3.13. The van der Waals surface area contributed by atoms with Crippen LogP contribution in [0.1, 0.15) is 37.4 Å². The Morgan fingerprint density at radius 3 is 2.41 bits per heavy atom. The number of hydrogen-bond acceptors (Lipinski definition) is 1. The molecule has 0 heterocycles. The summed E-state index contributed by atoms with van der Waals surface area (Å²) in [4.78, 5) is 0. The standard InChI is InChI=1S/C12H15ClF3N/c1-3-7(2)11(17)8-5-4-6-9(10(8)13)12(14,15)16/h4-7,11H,3,17H2,1-2H3/t7?,11-/m1/s1. The van der Waals surface area contributed by atoms with E-state index >= 15 is 0 Å². The predicted molar refractivity (Wildman–Crippen MR) is 62.8 cm³/mol. The molecule has 1 nitrogen and oxygen atoms in total. The molecule has 96 valence electrons. The van der Waals surface area contributed by atoms with Crippen LogP contribution >= 0.6 is 11.6 Å². The molecular formula is C12H15ClF3N. The Labute approximate surface area is 104 Å². The van der Waals surface area contributed by atoms with Crippen LogP contribution in [0.4, 0.5) is 13.2 Å². The maximum atomic E-state index is 12.6. The van der Waals surface area contributed by atoms with Crippen molar-refractivity contribution in [3.8, 4) is 0 Å². The van der Waals surface area contributed by atoms with Gasteiger partial charge in [-0.25, -0.2) is 0 Å².